The molecule has 1 N–H and O–H groups in total. The zero-order valence-electron chi connectivity index (χ0n) is 15.2. The average Bonchev–Trinajstić information content (AvgIpc) is 2.67. The second kappa shape index (κ2) is 9.47. The number of nitrogens with one attached hydrogen (secondary N) is 1. The lowest BCUT2D eigenvalue weighted by Gasteiger charge is -2.21. The molecule has 2 aromatic rings. The fraction of sp³-hybridized carbons (Fsp3) is 0.250. The Balaban J connectivity index is 1.92. The molecule has 0 aliphatic rings. The van der Waals surface area contributed by atoms with Crippen molar-refractivity contribution in [1.29, 1.82) is 0 Å². The Hall–Kier alpha value is -3.22. The van der Waals surface area contributed by atoms with E-state index in [2.05, 4.69) is 10.1 Å². The van der Waals surface area contributed by atoms with Gasteiger partial charge in [-0.3, -0.25) is 9.59 Å². The number of amides is 2. The molecule has 0 fully saturated rings. The largest absolute Gasteiger partial charge is 0.465 e. The molecule has 0 saturated carbocycles. The molecule has 0 aromatic heterocycles. The van der Waals surface area contributed by atoms with E-state index < -0.39 is 5.97 Å². The van der Waals surface area contributed by atoms with Gasteiger partial charge in [-0.1, -0.05) is 12.1 Å². The molecule has 0 radical (unpaired) electrons. The van der Waals surface area contributed by atoms with Crippen molar-refractivity contribution in [1.82, 2.24) is 5.32 Å². The van der Waals surface area contributed by atoms with Gasteiger partial charge in [0.05, 0.1) is 12.7 Å². The molecule has 7 heteroatoms. The Labute approximate surface area is 156 Å². The molecular formula is C20H21FN2O4. The number of hydrogen-bond acceptors (Lipinski definition) is 4. The first-order valence-electron chi connectivity index (χ1n) is 8.38. The van der Waals surface area contributed by atoms with Gasteiger partial charge in [-0.05, 0) is 48.4 Å². The smallest absolute Gasteiger partial charge is 0.337 e. The van der Waals surface area contributed by atoms with Gasteiger partial charge >= 0.3 is 5.97 Å². The first-order chi connectivity index (χ1) is 12.9. The topological polar surface area (TPSA) is 75.7 Å². The van der Waals surface area contributed by atoms with E-state index in [1.54, 1.807) is 24.3 Å². The molecule has 6 nitrogen and oxygen atoms in total. The van der Waals surface area contributed by atoms with Crippen LogP contribution in [0.4, 0.5) is 10.1 Å². The molecule has 142 valence electrons. The number of anilines is 1. The van der Waals surface area contributed by atoms with Crippen LogP contribution in [0.2, 0.25) is 0 Å². The predicted molar refractivity (Wildman–Crippen MR) is 98.9 cm³/mol. The number of esters is 1. The van der Waals surface area contributed by atoms with Crippen LogP contribution in [0.5, 0.6) is 0 Å². The number of carbonyl (C=O) groups is 3. The molecule has 0 atom stereocenters. The monoisotopic (exact) mass is 372 g/mol. The molecule has 0 aliphatic heterocycles. The van der Waals surface area contributed by atoms with Crippen molar-refractivity contribution in [2.45, 2.75) is 13.3 Å². The van der Waals surface area contributed by atoms with E-state index in [0.717, 1.165) is 5.56 Å². The van der Waals surface area contributed by atoms with Gasteiger partial charge in [0.15, 0.2) is 0 Å². The maximum Gasteiger partial charge on any atom is 0.337 e. The SMILES string of the molecule is COC(=O)c1ccc(N(CC(=O)NCCc2ccc(F)cc2)C(C)=O)cc1. The van der Waals surface area contributed by atoms with Crippen LogP contribution in [0.1, 0.15) is 22.8 Å². The van der Waals surface area contributed by atoms with E-state index in [1.165, 1.54) is 43.2 Å². The van der Waals surface area contributed by atoms with Crippen LogP contribution in [0.25, 0.3) is 0 Å². The Morgan fingerprint density at radius 3 is 2.22 bits per heavy atom. The van der Waals surface area contributed by atoms with Crippen molar-refractivity contribution in [2.24, 2.45) is 0 Å². The second-order valence-corrected chi connectivity index (χ2v) is 5.87. The second-order valence-electron chi connectivity index (χ2n) is 5.87. The summed E-state index contributed by atoms with van der Waals surface area (Å²) < 4.78 is 17.5. The Kier molecular flexibility index (Phi) is 7.05. The van der Waals surface area contributed by atoms with E-state index in [9.17, 15) is 18.8 Å². The van der Waals surface area contributed by atoms with Crippen molar-refractivity contribution < 1.29 is 23.5 Å². The maximum absolute atomic E-state index is 12.9. The number of rotatable bonds is 7. The van der Waals surface area contributed by atoms with Gasteiger partial charge in [0, 0.05) is 19.2 Å². The predicted octanol–water partition coefficient (Wildman–Crippen LogP) is 2.32. The van der Waals surface area contributed by atoms with Gasteiger partial charge in [-0.15, -0.1) is 0 Å². The molecular weight excluding hydrogens is 351 g/mol. The van der Waals surface area contributed by atoms with Gasteiger partial charge in [-0.25, -0.2) is 9.18 Å². The molecule has 2 aromatic carbocycles. The first-order valence-corrected chi connectivity index (χ1v) is 8.38. The van der Waals surface area contributed by atoms with Crippen molar-refractivity contribution in [3.05, 3.63) is 65.5 Å². The molecule has 2 rings (SSSR count). The van der Waals surface area contributed by atoms with E-state index in [0.29, 0.717) is 24.2 Å². The highest BCUT2D eigenvalue weighted by atomic mass is 19.1. The summed E-state index contributed by atoms with van der Waals surface area (Å²) in [6.45, 7) is 1.59. The quantitative estimate of drug-likeness (QED) is 0.757. The summed E-state index contributed by atoms with van der Waals surface area (Å²) >= 11 is 0. The minimum atomic E-state index is -0.477. The number of benzene rings is 2. The Morgan fingerprint density at radius 1 is 1.04 bits per heavy atom. The highest BCUT2D eigenvalue weighted by Gasteiger charge is 2.16. The minimum Gasteiger partial charge on any atom is -0.465 e. The van der Waals surface area contributed by atoms with Crippen molar-refractivity contribution in [3.63, 3.8) is 0 Å². The summed E-state index contributed by atoms with van der Waals surface area (Å²) in [6, 6.07) is 12.3. The van der Waals surface area contributed by atoms with Crippen molar-refractivity contribution in [2.75, 3.05) is 25.1 Å². The van der Waals surface area contributed by atoms with Crippen LogP contribution in [0.15, 0.2) is 48.5 Å². The van der Waals surface area contributed by atoms with E-state index >= 15 is 0 Å². The first kappa shape index (κ1) is 20.1. The fourth-order valence-electron chi connectivity index (χ4n) is 2.48. The van der Waals surface area contributed by atoms with Gasteiger partial charge < -0.3 is 15.0 Å². The summed E-state index contributed by atoms with van der Waals surface area (Å²) in [5.74, 6) is -1.40. The molecule has 0 spiro atoms. The lowest BCUT2D eigenvalue weighted by Crippen LogP contribution is -2.40. The van der Waals surface area contributed by atoms with Gasteiger partial charge in [-0.2, -0.15) is 0 Å². The lowest BCUT2D eigenvalue weighted by atomic mass is 10.1. The van der Waals surface area contributed by atoms with Crippen molar-refractivity contribution in [3.8, 4) is 0 Å². The number of hydrogen-bond donors (Lipinski definition) is 1. The number of ether oxygens (including phenoxy) is 1. The molecule has 0 unspecified atom stereocenters. The van der Waals surface area contributed by atoms with Gasteiger partial charge in [0.1, 0.15) is 12.4 Å². The number of halogens is 1. The van der Waals surface area contributed by atoms with Gasteiger partial charge in [0.25, 0.3) is 0 Å². The number of methoxy groups -OCH3 is 1. The summed E-state index contributed by atoms with van der Waals surface area (Å²) in [5.41, 5.74) is 1.76. The zero-order valence-corrected chi connectivity index (χ0v) is 15.2. The van der Waals surface area contributed by atoms with Crippen LogP contribution >= 0.6 is 0 Å². The zero-order chi connectivity index (χ0) is 19.8. The minimum absolute atomic E-state index is 0.143. The lowest BCUT2D eigenvalue weighted by molar-refractivity contribution is -0.123. The summed E-state index contributed by atoms with van der Waals surface area (Å²) in [5, 5.41) is 2.74. The summed E-state index contributed by atoms with van der Waals surface area (Å²) in [6.07, 6.45) is 0.555. The van der Waals surface area contributed by atoms with Crippen LogP contribution < -0.4 is 10.2 Å². The van der Waals surface area contributed by atoms with Crippen molar-refractivity contribution >= 4 is 23.5 Å². The van der Waals surface area contributed by atoms with Crippen LogP contribution in [-0.4, -0.2) is 38.0 Å². The average molecular weight is 372 g/mol. The third-order valence-corrected chi connectivity index (χ3v) is 3.93. The van der Waals surface area contributed by atoms with E-state index in [-0.39, 0.29) is 24.2 Å². The Morgan fingerprint density at radius 2 is 1.67 bits per heavy atom. The molecule has 0 aliphatic carbocycles. The number of carbonyl (C=O) groups excluding carboxylic acids is 3. The highest BCUT2D eigenvalue weighted by molar-refractivity contribution is 5.98. The fourth-order valence-corrected chi connectivity index (χ4v) is 2.48. The molecule has 0 bridgehead atoms. The van der Waals surface area contributed by atoms with Gasteiger partial charge in [0.2, 0.25) is 11.8 Å². The van der Waals surface area contributed by atoms with E-state index in [4.69, 9.17) is 0 Å². The standard InChI is InChI=1S/C20H21FN2O4/c1-14(24)23(18-9-5-16(6-10-18)20(26)27-2)13-19(25)22-12-11-15-3-7-17(21)8-4-15/h3-10H,11-13H2,1-2H3,(H,22,25). The van der Waals surface area contributed by atoms with Crippen LogP contribution in [0.3, 0.4) is 0 Å². The summed E-state index contributed by atoms with van der Waals surface area (Å²) in [4.78, 5) is 36.8. The normalized spacial score (nSPS) is 10.2. The third kappa shape index (κ3) is 5.91. The summed E-state index contributed by atoms with van der Waals surface area (Å²) in [7, 11) is 1.29. The Bertz CT molecular complexity index is 804. The van der Waals surface area contributed by atoms with E-state index in [1.807, 2.05) is 0 Å². The molecule has 0 heterocycles. The third-order valence-electron chi connectivity index (χ3n) is 3.93. The highest BCUT2D eigenvalue weighted by Crippen LogP contribution is 2.16. The van der Waals surface area contributed by atoms with Crippen LogP contribution in [0, 0.1) is 5.82 Å². The molecule has 0 saturated heterocycles. The molecule has 2 amide bonds. The number of nitrogens with zero attached hydrogens (tertiary/aromatic N) is 1. The van der Waals surface area contributed by atoms with Crippen LogP contribution in [-0.2, 0) is 20.7 Å². The maximum atomic E-state index is 12.9. The molecule has 27 heavy (non-hydrogen) atoms.